The van der Waals surface area contributed by atoms with Gasteiger partial charge in [-0.05, 0) is 31.5 Å². The highest BCUT2D eigenvalue weighted by Gasteiger charge is 2.12. The smallest absolute Gasteiger partial charge is 0.332 e. The van der Waals surface area contributed by atoms with Crippen LogP contribution in [-0.2, 0) is 9.53 Å². The van der Waals surface area contributed by atoms with E-state index in [0.717, 1.165) is 35.0 Å². The number of rotatable bonds is 4. The van der Waals surface area contributed by atoms with Gasteiger partial charge in [-0.3, -0.25) is 0 Å². The molecule has 0 saturated heterocycles. The van der Waals surface area contributed by atoms with Crippen molar-refractivity contribution in [1.82, 2.24) is 14.6 Å². The first kappa shape index (κ1) is 16.9. The highest BCUT2D eigenvalue weighted by atomic mass is 35.5. The minimum Gasteiger partial charge on any atom is -0.462 e. The van der Waals surface area contributed by atoms with Gasteiger partial charge >= 0.3 is 5.97 Å². The third-order valence-corrected chi connectivity index (χ3v) is 4.14. The Balaban J connectivity index is 2.24. The molecule has 2 aromatic heterocycles. The zero-order valence-corrected chi connectivity index (χ0v) is 14.9. The van der Waals surface area contributed by atoms with Crippen LogP contribution in [0.25, 0.3) is 22.5 Å². The molecule has 0 aliphatic carbocycles. The van der Waals surface area contributed by atoms with Gasteiger partial charge in [-0.1, -0.05) is 36.5 Å². The van der Waals surface area contributed by atoms with Gasteiger partial charge in [0.1, 0.15) is 0 Å². The molecule has 0 unspecified atom stereocenters. The largest absolute Gasteiger partial charge is 0.462 e. The van der Waals surface area contributed by atoms with Crippen molar-refractivity contribution < 1.29 is 9.53 Å². The number of nitrogens with one attached hydrogen (secondary N) is 1. The van der Waals surface area contributed by atoms with Crippen LogP contribution in [0.2, 0.25) is 10.2 Å². The summed E-state index contributed by atoms with van der Waals surface area (Å²) in [5.41, 5.74) is 2.41. The SMILES string of the molecule is CCCCOC(=O)/C=c1/cc(C)[nH]c2cc(Cl)cc3c(Cl)nn1c23. The second-order valence-electron chi connectivity index (χ2n) is 5.59. The predicted molar refractivity (Wildman–Crippen MR) is 96.2 cm³/mol. The van der Waals surface area contributed by atoms with Gasteiger partial charge in [0.25, 0.3) is 0 Å². The minimum atomic E-state index is -0.403. The molecule has 0 bridgehead atoms. The van der Waals surface area contributed by atoms with Crippen molar-refractivity contribution >= 4 is 51.7 Å². The lowest BCUT2D eigenvalue weighted by Crippen LogP contribution is -2.16. The normalized spacial score (nSPS) is 12.2. The van der Waals surface area contributed by atoms with E-state index in [1.807, 2.05) is 19.9 Å². The maximum absolute atomic E-state index is 12.1. The summed E-state index contributed by atoms with van der Waals surface area (Å²) in [5.74, 6) is -0.403. The molecule has 0 atom stereocenters. The second kappa shape index (κ2) is 6.87. The number of nitrogens with zero attached hydrogens (tertiary/aromatic N) is 2. The average Bonchev–Trinajstić information content (AvgIpc) is 2.77. The molecular formula is C17H17Cl2N3O2. The number of halogens is 2. The number of aryl methyl sites for hydroxylation is 1. The van der Waals surface area contributed by atoms with Gasteiger partial charge in [-0.25, -0.2) is 9.31 Å². The molecule has 0 aliphatic heterocycles. The molecular weight excluding hydrogens is 349 g/mol. The number of benzene rings is 1. The highest BCUT2D eigenvalue weighted by molar-refractivity contribution is 6.36. The van der Waals surface area contributed by atoms with Crippen LogP contribution in [0.4, 0.5) is 0 Å². The summed E-state index contributed by atoms with van der Waals surface area (Å²) in [6, 6.07) is 5.38. The monoisotopic (exact) mass is 365 g/mol. The topological polar surface area (TPSA) is 59.4 Å². The zero-order chi connectivity index (χ0) is 17.3. The van der Waals surface area contributed by atoms with Crippen molar-refractivity contribution in [3.05, 3.63) is 39.4 Å². The van der Waals surface area contributed by atoms with Gasteiger partial charge in [0.2, 0.25) is 0 Å². The van der Waals surface area contributed by atoms with Gasteiger partial charge in [-0.2, -0.15) is 5.10 Å². The number of aromatic amines is 1. The first-order chi connectivity index (χ1) is 11.5. The van der Waals surface area contributed by atoms with Crippen LogP contribution in [0, 0.1) is 6.92 Å². The Bertz CT molecular complexity index is 989. The summed E-state index contributed by atoms with van der Waals surface area (Å²) in [7, 11) is 0. The Morgan fingerprint density at radius 1 is 1.38 bits per heavy atom. The van der Waals surface area contributed by atoms with Gasteiger partial charge in [-0.15, -0.1) is 0 Å². The van der Waals surface area contributed by atoms with Crippen molar-refractivity contribution in [1.29, 1.82) is 0 Å². The van der Waals surface area contributed by atoms with E-state index >= 15 is 0 Å². The predicted octanol–water partition coefficient (Wildman–Crippen LogP) is 3.84. The number of aromatic nitrogens is 3. The van der Waals surface area contributed by atoms with Crippen LogP contribution >= 0.6 is 23.2 Å². The lowest BCUT2D eigenvalue weighted by molar-refractivity contribution is -0.136. The summed E-state index contributed by atoms with van der Waals surface area (Å²) in [6.45, 7) is 4.35. The fourth-order valence-electron chi connectivity index (χ4n) is 2.57. The van der Waals surface area contributed by atoms with E-state index in [-0.39, 0.29) is 0 Å². The Morgan fingerprint density at radius 3 is 2.92 bits per heavy atom. The Hall–Kier alpha value is -1.98. The molecule has 0 amide bonds. The molecule has 0 spiro atoms. The molecule has 1 aromatic carbocycles. The quantitative estimate of drug-likeness (QED) is 0.564. The van der Waals surface area contributed by atoms with Gasteiger partial charge < -0.3 is 9.72 Å². The fraction of sp³-hybridized carbons (Fsp3) is 0.294. The molecule has 0 fully saturated rings. The van der Waals surface area contributed by atoms with E-state index in [0.29, 0.717) is 22.1 Å². The summed E-state index contributed by atoms with van der Waals surface area (Å²) in [5, 5.41) is 6.54. The standard InChI is InChI=1S/C17H17Cl2N3O2/c1-3-4-5-24-15(23)9-12-6-10(2)20-14-8-11(18)7-13-16(14)22(12)21-17(13)19/h6-9,20H,3-5H2,1-2H3/b12-9-. The minimum absolute atomic E-state index is 0.328. The number of hydrogen-bond acceptors (Lipinski definition) is 3. The van der Waals surface area contributed by atoms with Gasteiger partial charge in [0.05, 0.1) is 23.0 Å². The third kappa shape index (κ3) is 3.28. The first-order valence-corrected chi connectivity index (χ1v) is 8.47. The highest BCUT2D eigenvalue weighted by Crippen LogP contribution is 2.28. The zero-order valence-electron chi connectivity index (χ0n) is 13.4. The third-order valence-electron chi connectivity index (χ3n) is 3.65. The molecule has 2 heterocycles. The maximum Gasteiger partial charge on any atom is 0.332 e. The second-order valence-corrected chi connectivity index (χ2v) is 6.39. The summed E-state index contributed by atoms with van der Waals surface area (Å²) in [6.07, 6.45) is 3.23. The van der Waals surface area contributed by atoms with Crippen LogP contribution < -0.4 is 5.35 Å². The number of carbonyl (C=O) groups is 1. The number of H-pyrrole nitrogens is 1. The molecule has 7 heteroatoms. The van der Waals surface area contributed by atoms with Crippen molar-refractivity contribution in [3.63, 3.8) is 0 Å². The molecule has 3 rings (SSSR count). The lowest BCUT2D eigenvalue weighted by Gasteiger charge is -1.99. The summed E-state index contributed by atoms with van der Waals surface area (Å²) in [4.78, 5) is 15.3. The Morgan fingerprint density at radius 2 is 2.17 bits per heavy atom. The first-order valence-electron chi connectivity index (χ1n) is 7.71. The molecule has 5 nitrogen and oxygen atoms in total. The van der Waals surface area contributed by atoms with E-state index < -0.39 is 5.97 Å². The van der Waals surface area contributed by atoms with Crippen molar-refractivity contribution in [2.45, 2.75) is 26.7 Å². The average molecular weight is 366 g/mol. The van der Waals surface area contributed by atoms with E-state index in [4.69, 9.17) is 27.9 Å². The van der Waals surface area contributed by atoms with E-state index in [2.05, 4.69) is 10.1 Å². The van der Waals surface area contributed by atoms with Crippen molar-refractivity contribution in [3.8, 4) is 0 Å². The summed E-state index contributed by atoms with van der Waals surface area (Å²) >= 11 is 12.4. The number of unbranched alkanes of at least 4 members (excludes halogenated alkanes) is 1. The van der Waals surface area contributed by atoms with Crippen LogP contribution in [0.5, 0.6) is 0 Å². The van der Waals surface area contributed by atoms with Gasteiger partial charge in [0.15, 0.2) is 5.15 Å². The van der Waals surface area contributed by atoms with Crippen LogP contribution in [-0.4, -0.2) is 27.2 Å². The number of carbonyl (C=O) groups excluding carboxylic acids is 1. The number of esters is 1. The molecule has 0 aliphatic rings. The number of ether oxygens (including phenoxy) is 1. The van der Waals surface area contributed by atoms with Crippen LogP contribution in [0.1, 0.15) is 25.5 Å². The Kier molecular flexibility index (Phi) is 4.83. The lowest BCUT2D eigenvalue weighted by atomic mass is 10.2. The molecule has 24 heavy (non-hydrogen) atoms. The molecule has 0 radical (unpaired) electrons. The number of hydrogen-bond donors (Lipinski definition) is 1. The van der Waals surface area contributed by atoms with Crippen molar-refractivity contribution in [2.24, 2.45) is 0 Å². The fourth-order valence-corrected chi connectivity index (χ4v) is 3.01. The van der Waals surface area contributed by atoms with E-state index in [1.54, 1.807) is 16.6 Å². The maximum atomic E-state index is 12.1. The van der Waals surface area contributed by atoms with Crippen molar-refractivity contribution in [2.75, 3.05) is 6.61 Å². The molecule has 3 aromatic rings. The van der Waals surface area contributed by atoms with E-state index in [1.165, 1.54) is 6.08 Å². The van der Waals surface area contributed by atoms with Gasteiger partial charge in [0, 0.05) is 22.2 Å². The van der Waals surface area contributed by atoms with E-state index in [9.17, 15) is 4.79 Å². The summed E-state index contributed by atoms with van der Waals surface area (Å²) < 4.78 is 6.84. The van der Waals surface area contributed by atoms with Crippen LogP contribution in [0.3, 0.4) is 0 Å². The van der Waals surface area contributed by atoms with Crippen LogP contribution in [0.15, 0.2) is 18.2 Å². The Labute approximate surface area is 148 Å². The molecule has 1 N–H and O–H groups in total. The molecule has 0 saturated carbocycles. The molecule has 126 valence electrons.